The van der Waals surface area contributed by atoms with Crippen molar-refractivity contribution in [3.63, 3.8) is 0 Å². The van der Waals surface area contributed by atoms with Gasteiger partial charge in [0.05, 0.1) is 0 Å². The number of hydrogen-bond acceptors (Lipinski definition) is 2. The SMILES string of the molecule is CC(C)(C)C1CCCC(NOCC(F)(F)F)CC1. The van der Waals surface area contributed by atoms with Crippen molar-refractivity contribution in [3.8, 4) is 0 Å². The molecular weight excluding hydrogens is 243 g/mol. The third-order valence-electron chi connectivity index (χ3n) is 3.68. The molecule has 0 aromatic rings. The highest BCUT2D eigenvalue weighted by Gasteiger charge is 2.30. The Morgan fingerprint density at radius 1 is 1.06 bits per heavy atom. The summed E-state index contributed by atoms with van der Waals surface area (Å²) in [5, 5.41) is 0. The Bertz CT molecular complexity index is 248. The number of nitrogens with one attached hydrogen (secondary N) is 1. The molecule has 0 radical (unpaired) electrons. The Hall–Kier alpha value is -0.290. The minimum absolute atomic E-state index is 0.0553. The molecule has 1 aliphatic carbocycles. The van der Waals surface area contributed by atoms with Crippen LogP contribution in [0, 0.1) is 11.3 Å². The summed E-state index contributed by atoms with van der Waals surface area (Å²) in [4.78, 5) is 4.54. The van der Waals surface area contributed by atoms with E-state index in [0.29, 0.717) is 5.92 Å². The molecule has 0 spiro atoms. The predicted octanol–water partition coefficient (Wildman–Crippen LogP) is 4.06. The van der Waals surface area contributed by atoms with Crippen LogP contribution in [0.4, 0.5) is 13.2 Å². The summed E-state index contributed by atoms with van der Waals surface area (Å²) < 4.78 is 35.8. The summed E-state index contributed by atoms with van der Waals surface area (Å²) in [5.74, 6) is 0.645. The van der Waals surface area contributed by atoms with Crippen molar-refractivity contribution in [3.05, 3.63) is 0 Å². The molecule has 0 aromatic heterocycles. The van der Waals surface area contributed by atoms with Gasteiger partial charge in [0.2, 0.25) is 0 Å². The summed E-state index contributed by atoms with van der Waals surface area (Å²) in [6.07, 6.45) is 0.780. The second-order valence-corrected chi connectivity index (χ2v) is 6.29. The van der Waals surface area contributed by atoms with Gasteiger partial charge in [0, 0.05) is 6.04 Å². The zero-order valence-corrected chi connectivity index (χ0v) is 11.4. The van der Waals surface area contributed by atoms with Crippen LogP contribution >= 0.6 is 0 Å². The first-order chi connectivity index (χ1) is 8.18. The highest BCUT2D eigenvalue weighted by molar-refractivity contribution is 4.80. The van der Waals surface area contributed by atoms with Crippen molar-refractivity contribution in [1.82, 2.24) is 5.48 Å². The summed E-state index contributed by atoms with van der Waals surface area (Å²) in [6.45, 7) is 5.47. The van der Waals surface area contributed by atoms with Gasteiger partial charge >= 0.3 is 6.18 Å². The molecule has 0 aromatic carbocycles. The smallest absolute Gasteiger partial charge is 0.292 e. The minimum Gasteiger partial charge on any atom is -0.292 e. The molecule has 2 nitrogen and oxygen atoms in total. The quantitative estimate of drug-likeness (QED) is 0.615. The average Bonchev–Trinajstić information content (AvgIpc) is 2.40. The highest BCUT2D eigenvalue weighted by atomic mass is 19.4. The number of rotatable bonds is 3. The Labute approximate surface area is 107 Å². The summed E-state index contributed by atoms with van der Waals surface area (Å²) >= 11 is 0. The van der Waals surface area contributed by atoms with Crippen molar-refractivity contribution >= 4 is 0 Å². The first-order valence-electron chi connectivity index (χ1n) is 6.62. The van der Waals surface area contributed by atoms with Gasteiger partial charge in [-0.1, -0.05) is 27.2 Å². The number of alkyl halides is 3. The van der Waals surface area contributed by atoms with Gasteiger partial charge in [-0.15, -0.1) is 0 Å². The Morgan fingerprint density at radius 3 is 2.28 bits per heavy atom. The van der Waals surface area contributed by atoms with Crippen molar-refractivity contribution in [2.75, 3.05) is 6.61 Å². The third-order valence-corrected chi connectivity index (χ3v) is 3.68. The fourth-order valence-corrected chi connectivity index (χ4v) is 2.53. The lowest BCUT2D eigenvalue weighted by Gasteiger charge is -2.29. The van der Waals surface area contributed by atoms with Crippen LogP contribution in [0.5, 0.6) is 0 Å². The lowest BCUT2D eigenvalue weighted by atomic mass is 9.76. The minimum atomic E-state index is -4.26. The average molecular weight is 267 g/mol. The van der Waals surface area contributed by atoms with E-state index >= 15 is 0 Å². The van der Waals surface area contributed by atoms with Gasteiger partial charge in [-0.2, -0.15) is 18.7 Å². The van der Waals surface area contributed by atoms with Gasteiger partial charge in [-0.05, 0) is 37.0 Å². The second kappa shape index (κ2) is 6.24. The monoisotopic (exact) mass is 267 g/mol. The van der Waals surface area contributed by atoms with E-state index in [1.807, 2.05) is 0 Å². The summed E-state index contributed by atoms with van der Waals surface area (Å²) in [6, 6.07) is 0.0553. The zero-order valence-electron chi connectivity index (χ0n) is 11.4. The van der Waals surface area contributed by atoms with Crippen LogP contribution < -0.4 is 5.48 Å². The molecule has 1 rings (SSSR count). The van der Waals surface area contributed by atoms with Crippen molar-refractivity contribution in [2.24, 2.45) is 11.3 Å². The molecule has 108 valence electrons. The molecule has 0 saturated heterocycles. The van der Waals surface area contributed by atoms with Crippen LogP contribution in [-0.2, 0) is 4.84 Å². The van der Waals surface area contributed by atoms with Crippen LogP contribution in [0.1, 0.15) is 52.9 Å². The molecule has 1 saturated carbocycles. The molecule has 1 aliphatic rings. The van der Waals surface area contributed by atoms with E-state index in [1.54, 1.807) is 0 Å². The zero-order chi connectivity index (χ0) is 13.8. The van der Waals surface area contributed by atoms with E-state index in [2.05, 4.69) is 31.1 Å². The van der Waals surface area contributed by atoms with Gasteiger partial charge in [0.25, 0.3) is 0 Å². The van der Waals surface area contributed by atoms with Gasteiger partial charge < -0.3 is 0 Å². The standard InChI is InChI=1S/C13H24F3NO/c1-12(2,3)10-5-4-6-11(8-7-10)17-18-9-13(14,15)16/h10-11,17H,4-9H2,1-3H3. The molecule has 5 heteroatoms. The lowest BCUT2D eigenvalue weighted by molar-refractivity contribution is -0.193. The van der Waals surface area contributed by atoms with Crippen LogP contribution in [0.25, 0.3) is 0 Å². The molecule has 18 heavy (non-hydrogen) atoms. The van der Waals surface area contributed by atoms with E-state index in [0.717, 1.165) is 32.1 Å². The maximum absolute atomic E-state index is 11.9. The normalized spacial score (nSPS) is 27.0. The van der Waals surface area contributed by atoms with Crippen LogP contribution in [0.3, 0.4) is 0 Å². The molecule has 2 unspecified atom stereocenters. The number of hydroxylamine groups is 1. The second-order valence-electron chi connectivity index (χ2n) is 6.29. The van der Waals surface area contributed by atoms with Crippen LogP contribution in [-0.4, -0.2) is 18.8 Å². The van der Waals surface area contributed by atoms with Crippen LogP contribution in [0.2, 0.25) is 0 Å². The molecule has 1 fully saturated rings. The van der Waals surface area contributed by atoms with Gasteiger partial charge in [0.1, 0.15) is 0 Å². The first-order valence-corrected chi connectivity index (χ1v) is 6.62. The Balaban J connectivity index is 2.30. The topological polar surface area (TPSA) is 21.3 Å². The van der Waals surface area contributed by atoms with E-state index in [-0.39, 0.29) is 11.5 Å². The summed E-state index contributed by atoms with van der Waals surface area (Å²) in [7, 11) is 0. The Morgan fingerprint density at radius 2 is 1.72 bits per heavy atom. The van der Waals surface area contributed by atoms with Crippen molar-refractivity contribution in [1.29, 1.82) is 0 Å². The van der Waals surface area contributed by atoms with E-state index in [1.165, 1.54) is 0 Å². The Kier molecular flexibility index (Phi) is 5.46. The number of halogens is 3. The molecule has 0 amide bonds. The van der Waals surface area contributed by atoms with Crippen molar-refractivity contribution in [2.45, 2.75) is 65.1 Å². The molecule has 2 atom stereocenters. The predicted molar refractivity (Wildman–Crippen MR) is 65.0 cm³/mol. The van der Waals surface area contributed by atoms with E-state index < -0.39 is 12.8 Å². The largest absolute Gasteiger partial charge is 0.413 e. The molecular formula is C13H24F3NO. The van der Waals surface area contributed by atoms with Gasteiger partial charge in [0.15, 0.2) is 6.61 Å². The first kappa shape index (κ1) is 15.8. The fourth-order valence-electron chi connectivity index (χ4n) is 2.53. The maximum atomic E-state index is 11.9. The number of hydrogen-bond donors (Lipinski definition) is 1. The maximum Gasteiger partial charge on any atom is 0.413 e. The molecule has 0 heterocycles. The fraction of sp³-hybridized carbons (Fsp3) is 1.00. The lowest BCUT2D eigenvalue weighted by Crippen LogP contribution is -2.33. The van der Waals surface area contributed by atoms with Gasteiger partial charge in [-0.3, -0.25) is 4.84 Å². The summed E-state index contributed by atoms with van der Waals surface area (Å²) in [5.41, 5.74) is 2.85. The van der Waals surface area contributed by atoms with Crippen LogP contribution in [0.15, 0.2) is 0 Å². The van der Waals surface area contributed by atoms with Crippen molar-refractivity contribution < 1.29 is 18.0 Å². The van der Waals surface area contributed by atoms with Gasteiger partial charge in [-0.25, -0.2) is 0 Å². The molecule has 0 bridgehead atoms. The van der Waals surface area contributed by atoms with E-state index in [4.69, 9.17) is 0 Å². The molecule has 1 N–H and O–H groups in total. The third kappa shape index (κ3) is 6.05. The molecule has 0 aliphatic heterocycles. The van der Waals surface area contributed by atoms with E-state index in [9.17, 15) is 13.2 Å². The highest BCUT2D eigenvalue weighted by Crippen LogP contribution is 2.36.